The van der Waals surface area contributed by atoms with E-state index < -0.39 is 0 Å². The van der Waals surface area contributed by atoms with Crippen LogP contribution >= 0.6 is 0 Å². The number of nitrogens with zero attached hydrogens (tertiary/aromatic N) is 1. The number of likely N-dealkylation sites (tertiary alicyclic amines) is 1. The van der Waals surface area contributed by atoms with E-state index in [9.17, 15) is 10.2 Å². The number of hydrogen-bond donors (Lipinski definition) is 2. The fraction of sp³-hybridized carbons (Fsp3) is 1.00. The number of hydrogen-bond acceptors (Lipinski definition) is 3. The summed E-state index contributed by atoms with van der Waals surface area (Å²) >= 11 is 0. The zero-order valence-electron chi connectivity index (χ0n) is 12.5. The summed E-state index contributed by atoms with van der Waals surface area (Å²) in [6, 6.07) is 0.324. The lowest BCUT2D eigenvalue weighted by atomic mass is 9.71. The fourth-order valence-electron chi connectivity index (χ4n) is 3.82. The molecule has 1 heterocycles. The summed E-state index contributed by atoms with van der Waals surface area (Å²) in [6.45, 7) is 5.00. The molecule has 1 saturated carbocycles. The largest absolute Gasteiger partial charge is 0.396 e. The second-order valence-corrected chi connectivity index (χ2v) is 7.00. The van der Waals surface area contributed by atoms with E-state index in [1.807, 2.05) is 0 Å². The highest BCUT2D eigenvalue weighted by atomic mass is 16.3. The average Bonchev–Trinajstić information content (AvgIpc) is 2.66. The van der Waals surface area contributed by atoms with Gasteiger partial charge in [0.15, 0.2) is 0 Å². The molecule has 3 nitrogen and oxygen atoms in total. The Morgan fingerprint density at radius 1 is 1.05 bits per heavy atom. The summed E-state index contributed by atoms with van der Waals surface area (Å²) in [5.41, 5.74) is 0.101. The molecule has 2 N–H and O–H groups in total. The molecule has 0 aromatic rings. The minimum absolute atomic E-state index is 0.101. The van der Waals surface area contributed by atoms with Crippen LogP contribution in [0.4, 0.5) is 0 Å². The second-order valence-electron chi connectivity index (χ2n) is 7.00. The van der Waals surface area contributed by atoms with Crippen LogP contribution in [0.2, 0.25) is 0 Å². The van der Waals surface area contributed by atoms with Crippen molar-refractivity contribution in [3.63, 3.8) is 0 Å². The van der Waals surface area contributed by atoms with Crippen LogP contribution in [0.3, 0.4) is 0 Å². The molecule has 0 amide bonds. The van der Waals surface area contributed by atoms with E-state index in [4.69, 9.17) is 0 Å². The number of aliphatic hydroxyl groups is 2. The van der Waals surface area contributed by atoms with Gasteiger partial charge in [0.2, 0.25) is 0 Å². The Labute approximate surface area is 118 Å². The van der Waals surface area contributed by atoms with E-state index in [0.717, 1.165) is 38.3 Å². The van der Waals surface area contributed by atoms with Gasteiger partial charge in [0.25, 0.3) is 0 Å². The summed E-state index contributed by atoms with van der Waals surface area (Å²) in [4.78, 5) is 2.47. The molecule has 1 aliphatic carbocycles. The summed E-state index contributed by atoms with van der Waals surface area (Å²) in [7, 11) is 0. The minimum atomic E-state index is 0.101. The van der Waals surface area contributed by atoms with E-state index >= 15 is 0 Å². The van der Waals surface area contributed by atoms with Crippen LogP contribution in [-0.4, -0.2) is 47.5 Å². The Morgan fingerprint density at radius 2 is 1.79 bits per heavy atom. The second kappa shape index (κ2) is 7.05. The molecule has 0 spiro atoms. The van der Waals surface area contributed by atoms with E-state index in [0.29, 0.717) is 12.6 Å². The maximum Gasteiger partial charge on any atom is 0.0586 e. The molecule has 2 aliphatic rings. The zero-order valence-corrected chi connectivity index (χ0v) is 12.5. The quantitative estimate of drug-likeness (QED) is 0.824. The van der Waals surface area contributed by atoms with Crippen molar-refractivity contribution in [3.05, 3.63) is 0 Å². The Hall–Kier alpha value is -0.120. The highest BCUT2D eigenvalue weighted by Crippen LogP contribution is 2.40. The maximum atomic E-state index is 9.90. The molecule has 3 heteroatoms. The monoisotopic (exact) mass is 269 g/mol. The molecule has 19 heavy (non-hydrogen) atoms. The van der Waals surface area contributed by atoms with Crippen molar-refractivity contribution in [3.8, 4) is 0 Å². The smallest absolute Gasteiger partial charge is 0.0586 e. The predicted molar refractivity (Wildman–Crippen MR) is 78.1 cm³/mol. The Kier molecular flexibility index (Phi) is 5.67. The molecule has 0 aromatic carbocycles. The lowest BCUT2D eigenvalue weighted by Gasteiger charge is -2.43. The van der Waals surface area contributed by atoms with Gasteiger partial charge in [-0.25, -0.2) is 0 Å². The van der Waals surface area contributed by atoms with Crippen LogP contribution in [-0.2, 0) is 0 Å². The van der Waals surface area contributed by atoms with Crippen LogP contribution < -0.4 is 0 Å². The van der Waals surface area contributed by atoms with Crippen LogP contribution in [0, 0.1) is 11.3 Å². The van der Waals surface area contributed by atoms with Crippen molar-refractivity contribution in [2.75, 3.05) is 26.3 Å². The average molecular weight is 269 g/mol. The molecule has 1 atom stereocenters. The predicted octanol–water partition coefficient (Wildman–Crippen LogP) is 2.41. The van der Waals surface area contributed by atoms with Crippen molar-refractivity contribution >= 4 is 0 Å². The Balaban J connectivity index is 1.99. The Morgan fingerprint density at radius 3 is 2.42 bits per heavy atom. The third kappa shape index (κ3) is 3.93. The third-order valence-electron chi connectivity index (χ3n) is 5.42. The van der Waals surface area contributed by atoms with E-state index in [2.05, 4.69) is 11.8 Å². The first-order chi connectivity index (χ1) is 9.19. The van der Waals surface area contributed by atoms with Gasteiger partial charge >= 0.3 is 0 Å². The van der Waals surface area contributed by atoms with Crippen LogP contribution in [0.1, 0.15) is 58.3 Å². The van der Waals surface area contributed by atoms with Gasteiger partial charge < -0.3 is 10.2 Å². The van der Waals surface area contributed by atoms with Gasteiger partial charge in [0.1, 0.15) is 0 Å². The van der Waals surface area contributed by atoms with Crippen LogP contribution in [0.5, 0.6) is 0 Å². The van der Waals surface area contributed by atoms with E-state index in [1.165, 1.54) is 32.1 Å². The van der Waals surface area contributed by atoms with Gasteiger partial charge in [-0.15, -0.1) is 0 Å². The topological polar surface area (TPSA) is 43.7 Å². The van der Waals surface area contributed by atoms with E-state index in [1.54, 1.807) is 0 Å². The molecule has 0 bridgehead atoms. The maximum absolute atomic E-state index is 9.90. The highest BCUT2D eigenvalue weighted by molar-refractivity contribution is 4.89. The standard InChI is InChI=1S/C16H31NO2/c1-14-6-8-16(13-19,9-7-14)12-17-10-4-2-3-5-15(17)11-18/h14-15,18-19H,2-13H2,1H3. The van der Waals surface area contributed by atoms with E-state index in [-0.39, 0.29) is 12.0 Å². The Bertz CT molecular complexity index is 261. The molecule has 0 aromatic heterocycles. The number of aliphatic hydroxyl groups excluding tert-OH is 2. The van der Waals surface area contributed by atoms with Gasteiger partial charge in [-0.05, 0) is 38.1 Å². The summed E-state index contributed by atoms with van der Waals surface area (Å²) in [5, 5.41) is 19.5. The van der Waals surface area contributed by atoms with Crippen molar-refractivity contribution in [2.45, 2.75) is 64.3 Å². The van der Waals surface area contributed by atoms with Crippen LogP contribution in [0.15, 0.2) is 0 Å². The van der Waals surface area contributed by atoms with Gasteiger partial charge in [-0.3, -0.25) is 4.90 Å². The summed E-state index contributed by atoms with van der Waals surface area (Å²) in [6.07, 6.45) is 9.69. The van der Waals surface area contributed by atoms with Gasteiger partial charge in [0, 0.05) is 24.6 Å². The first-order valence-electron chi connectivity index (χ1n) is 8.15. The molecular formula is C16H31NO2. The lowest BCUT2D eigenvalue weighted by Crippen LogP contribution is -2.47. The minimum Gasteiger partial charge on any atom is -0.396 e. The highest BCUT2D eigenvalue weighted by Gasteiger charge is 2.36. The van der Waals surface area contributed by atoms with Crippen molar-refractivity contribution < 1.29 is 10.2 Å². The molecule has 1 aliphatic heterocycles. The van der Waals surface area contributed by atoms with Gasteiger partial charge in [-0.2, -0.15) is 0 Å². The molecule has 112 valence electrons. The molecule has 1 unspecified atom stereocenters. The summed E-state index contributed by atoms with van der Waals surface area (Å²) < 4.78 is 0. The van der Waals surface area contributed by atoms with Crippen molar-refractivity contribution in [2.24, 2.45) is 11.3 Å². The van der Waals surface area contributed by atoms with Crippen molar-refractivity contribution in [1.82, 2.24) is 4.90 Å². The molecule has 1 saturated heterocycles. The SMILES string of the molecule is CC1CCC(CO)(CN2CCCCCC2CO)CC1. The molecule has 2 rings (SSSR count). The fourth-order valence-corrected chi connectivity index (χ4v) is 3.82. The van der Waals surface area contributed by atoms with Crippen molar-refractivity contribution in [1.29, 1.82) is 0 Å². The van der Waals surface area contributed by atoms with Gasteiger partial charge in [-0.1, -0.05) is 32.6 Å². The molecule has 0 radical (unpaired) electrons. The third-order valence-corrected chi connectivity index (χ3v) is 5.42. The molecule has 2 fully saturated rings. The van der Waals surface area contributed by atoms with Gasteiger partial charge in [0.05, 0.1) is 6.61 Å². The zero-order chi connectivity index (χ0) is 13.7. The first kappa shape index (κ1) is 15.3. The first-order valence-corrected chi connectivity index (χ1v) is 8.15. The number of rotatable bonds is 4. The van der Waals surface area contributed by atoms with Crippen LogP contribution in [0.25, 0.3) is 0 Å². The molecular weight excluding hydrogens is 238 g/mol. The normalized spacial score (nSPS) is 38.1. The lowest BCUT2D eigenvalue weighted by molar-refractivity contribution is 0.00640. The summed E-state index contributed by atoms with van der Waals surface area (Å²) in [5.74, 6) is 0.817.